The first kappa shape index (κ1) is 12.5. The molecule has 1 aromatic carbocycles. The molecule has 0 aliphatic rings. The van der Waals surface area contributed by atoms with Crippen molar-refractivity contribution >= 4 is 5.97 Å². The van der Waals surface area contributed by atoms with Gasteiger partial charge in [-0.1, -0.05) is 24.3 Å². The number of aromatic carboxylic acids is 1. The molecule has 0 atom stereocenters. The van der Waals surface area contributed by atoms with Gasteiger partial charge in [0.15, 0.2) is 0 Å². The number of allylic oxidation sites excluding steroid dienone is 1. The second-order valence-electron chi connectivity index (χ2n) is 3.54. The first-order chi connectivity index (χ1) is 7.74. The van der Waals surface area contributed by atoms with E-state index in [0.29, 0.717) is 12.1 Å². The molecule has 0 unspecified atom stereocenters. The van der Waals surface area contributed by atoms with Gasteiger partial charge in [-0.3, -0.25) is 0 Å². The molecule has 86 valence electrons. The predicted octanol–water partition coefficient (Wildman–Crippen LogP) is 2.44. The van der Waals surface area contributed by atoms with Crippen LogP contribution < -0.4 is 5.32 Å². The molecule has 0 spiro atoms. The van der Waals surface area contributed by atoms with E-state index < -0.39 is 5.97 Å². The van der Waals surface area contributed by atoms with Gasteiger partial charge in [-0.25, -0.2) is 4.79 Å². The van der Waals surface area contributed by atoms with Gasteiger partial charge in [-0.15, -0.1) is 0 Å². The monoisotopic (exact) mass is 219 g/mol. The van der Waals surface area contributed by atoms with Crippen molar-refractivity contribution in [2.75, 3.05) is 6.54 Å². The molecule has 3 heteroatoms. The van der Waals surface area contributed by atoms with Gasteiger partial charge in [0.2, 0.25) is 0 Å². The summed E-state index contributed by atoms with van der Waals surface area (Å²) in [6.07, 6.45) is 5.11. The highest BCUT2D eigenvalue weighted by Gasteiger charge is 2.02. The molecular weight excluding hydrogens is 202 g/mol. The van der Waals surface area contributed by atoms with Crippen molar-refractivity contribution in [1.29, 1.82) is 0 Å². The van der Waals surface area contributed by atoms with Crippen LogP contribution in [-0.2, 0) is 6.54 Å². The summed E-state index contributed by atoms with van der Waals surface area (Å²) in [7, 11) is 0. The molecule has 1 rings (SSSR count). The Morgan fingerprint density at radius 3 is 3.00 bits per heavy atom. The third-order valence-electron chi connectivity index (χ3n) is 2.23. The van der Waals surface area contributed by atoms with Crippen molar-refractivity contribution in [3.05, 3.63) is 47.5 Å². The predicted molar refractivity (Wildman–Crippen MR) is 64.5 cm³/mol. The van der Waals surface area contributed by atoms with Crippen molar-refractivity contribution in [2.24, 2.45) is 0 Å². The Bertz CT molecular complexity index is 372. The van der Waals surface area contributed by atoms with E-state index >= 15 is 0 Å². The number of carboxylic acids is 1. The van der Waals surface area contributed by atoms with Crippen LogP contribution in [-0.4, -0.2) is 17.6 Å². The van der Waals surface area contributed by atoms with E-state index in [0.717, 1.165) is 18.5 Å². The van der Waals surface area contributed by atoms with Gasteiger partial charge in [0.1, 0.15) is 0 Å². The zero-order chi connectivity index (χ0) is 11.8. The van der Waals surface area contributed by atoms with Crippen LogP contribution in [0.4, 0.5) is 0 Å². The largest absolute Gasteiger partial charge is 0.478 e. The lowest BCUT2D eigenvalue weighted by atomic mass is 10.1. The first-order valence-corrected chi connectivity index (χ1v) is 5.38. The number of nitrogens with one attached hydrogen (secondary N) is 1. The summed E-state index contributed by atoms with van der Waals surface area (Å²) in [4.78, 5) is 10.7. The highest BCUT2D eigenvalue weighted by atomic mass is 16.4. The van der Waals surface area contributed by atoms with Crippen LogP contribution in [0.1, 0.15) is 29.3 Å². The quantitative estimate of drug-likeness (QED) is 0.570. The summed E-state index contributed by atoms with van der Waals surface area (Å²) in [6, 6.07) is 7.00. The molecule has 0 aliphatic carbocycles. The molecule has 0 bridgehead atoms. The Labute approximate surface area is 95.8 Å². The maximum absolute atomic E-state index is 10.7. The minimum absolute atomic E-state index is 0.341. The SMILES string of the molecule is C/C=C/CCNCc1cccc(C(=O)O)c1. The summed E-state index contributed by atoms with van der Waals surface area (Å²) in [5, 5.41) is 12.1. The van der Waals surface area contributed by atoms with Gasteiger partial charge >= 0.3 is 5.97 Å². The number of carboxylic acid groups (broad SMARTS) is 1. The number of carbonyl (C=O) groups is 1. The van der Waals surface area contributed by atoms with Crippen LogP contribution in [0.5, 0.6) is 0 Å². The van der Waals surface area contributed by atoms with Crippen molar-refractivity contribution < 1.29 is 9.90 Å². The Kier molecular flexibility index (Phi) is 5.29. The molecule has 0 saturated carbocycles. The van der Waals surface area contributed by atoms with Gasteiger partial charge in [0, 0.05) is 6.54 Å². The highest BCUT2D eigenvalue weighted by molar-refractivity contribution is 5.87. The lowest BCUT2D eigenvalue weighted by Gasteiger charge is -2.04. The first-order valence-electron chi connectivity index (χ1n) is 5.38. The summed E-state index contributed by atoms with van der Waals surface area (Å²) in [5.74, 6) is -0.879. The molecular formula is C13H17NO2. The molecule has 0 heterocycles. The normalized spacial score (nSPS) is 10.8. The van der Waals surface area contributed by atoms with Crippen LogP contribution in [0, 0.1) is 0 Å². The molecule has 0 amide bonds. The van der Waals surface area contributed by atoms with Crippen molar-refractivity contribution in [1.82, 2.24) is 5.32 Å². The maximum atomic E-state index is 10.7. The Balaban J connectivity index is 2.42. The lowest BCUT2D eigenvalue weighted by molar-refractivity contribution is 0.0697. The highest BCUT2D eigenvalue weighted by Crippen LogP contribution is 2.04. The average molecular weight is 219 g/mol. The Hall–Kier alpha value is -1.61. The fourth-order valence-corrected chi connectivity index (χ4v) is 1.40. The number of rotatable bonds is 6. The molecule has 0 radical (unpaired) electrons. The van der Waals surface area contributed by atoms with Gasteiger partial charge in [0.05, 0.1) is 5.56 Å². The minimum atomic E-state index is -0.879. The summed E-state index contributed by atoms with van der Waals surface area (Å²) < 4.78 is 0. The molecule has 2 N–H and O–H groups in total. The smallest absolute Gasteiger partial charge is 0.335 e. The van der Waals surface area contributed by atoms with Crippen molar-refractivity contribution in [3.63, 3.8) is 0 Å². The topological polar surface area (TPSA) is 49.3 Å². The van der Waals surface area contributed by atoms with E-state index in [9.17, 15) is 4.79 Å². The van der Waals surface area contributed by atoms with E-state index in [-0.39, 0.29) is 0 Å². The van der Waals surface area contributed by atoms with E-state index in [2.05, 4.69) is 11.4 Å². The van der Waals surface area contributed by atoms with E-state index in [1.54, 1.807) is 18.2 Å². The molecule has 0 fully saturated rings. The van der Waals surface area contributed by atoms with Crippen LogP contribution in [0.25, 0.3) is 0 Å². The van der Waals surface area contributed by atoms with Crippen molar-refractivity contribution in [2.45, 2.75) is 19.9 Å². The van der Waals surface area contributed by atoms with Gasteiger partial charge in [-0.05, 0) is 37.6 Å². The Morgan fingerprint density at radius 2 is 2.31 bits per heavy atom. The molecule has 0 aromatic heterocycles. The standard InChI is InChI=1S/C13H17NO2/c1-2-3-4-8-14-10-11-6-5-7-12(9-11)13(15)16/h2-3,5-7,9,14H,4,8,10H2,1H3,(H,15,16)/b3-2+. The fourth-order valence-electron chi connectivity index (χ4n) is 1.40. The summed E-state index contributed by atoms with van der Waals surface area (Å²) >= 11 is 0. The van der Waals surface area contributed by atoms with Crippen molar-refractivity contribution in [3.8, 4) is 0 Å². The van der Waals surface area contributed by atoms with Crippen LogP contribution in [0.3, 0.4) is 0 Å². The summed E-state index contributed by atoms with van der Waals surface area (Å²) in [6.45, 7) is 3.61. The third kappa shape index (κ3) is 4.28. The van der Waals surface area contributed by atoms with Gasteiger partial charge < -0.3 is 10.4 Å². The molecule has 3 nitrogen and oxygen atoms in total. The maximum Gasteiger partial charge on any atom is 0.335 e. The second-order valence-corrected chi connectivity index (χ2v) is 3.54. The zero-order valence-electron chi connectivity index (χ0n) is 9.44. The van der Waals surface area contributed by atoms with E-state index in [4.69, 9.17) is 5.11 Å². The minimum Gasteiger partial charge on any atom is -0.478 e. The van der Waals surface area contributed by atoms with Gasteiger partial charge in [0.25, 0.3) is 0 Å². The molecule has 1 aromatic rings. The van der Waals surface area contributed by atoms with Crippen LogP contribution in [0.2, 0.25) is 0 Å². The molecule has 0 saturated heterocycles. The fraction of sp³-hybridized carbons (Fsp3) is 0.308. The molecule has 0 aliphatic heterocycles. The Morgan fingerprint density at radius 1 is 1.50 bits per heavy atom. The zero-order valence-corrected chi connectivity index (χ0v) is 9.44. The van der Waals surface area contributed by atoms with Gasteiger partial charge in [-0.2, -0.15) is 0 Å². The van der Waals surface area contributed by atoms with Crippen LogP contribution in [0.15, 0.2) is 36.4 Å². The number of benzene rings is 1. The molecule has 16 heavy (non-hydrogen) atoms. The lowest BCUT2D eigenvalue weighted by Crippen LogP contribution is -2.14. The summed E-state index contributed by atoms with van der Waals surface area (Å²) in [5.41, 5.74) is 1.34. The number of hydrogen-bond acceptors (Lipinski definition) is 2. The average Bonchev–Trinajstić information content (AvgIpc) is 2.29. The number of hydrogen-bond donors (Lipinski definition) is 2. The third-order valence-corrected chi connectivity index (χ3v) is 2.23. The van der Waals surface area contributed by atoms with Crippen LogP contribution >= 0.6 is 0 Å². The van der Waals surface area contributed by atoms with E-state index in [1.165, 1.54) is 0 Å². The second kappa shape index (κ2) is 6.80. The van der Waals surface area contributed by atoms with E-state index in [1.807, 2.05) is 19.1 Å².